The van der Waals surface area contributed by atoms with E-state index in [9.17, 15) is 4.79 Å². The second-order valence-electron chi connectivity index (χ2n) is 7.55. The first kappa shape index (κ1) is 17.8. The molecule has 1 N–H and O–H groups in total. The molecule has 2 unspecified atom stereocenters. The van der Waals surface area contributed by atoms with Gasteiger partial charge in [0.25, 0.3) is 0 Å². The molecule has 27 heavy (non-hydrogen) atoms. The molecule has 2 fully saturated rings. The highest BCUT2D eigenvalue weighted by atomic mass is 16.5. The van der Waals surface area contributed by atoms with E-state index in [1.807, 2.05) is 60.7 Å². The molecule has 0 saturated carbocycles. The maximum Gasteiger partial charge on any atom is 0.244 e. The summed E-state index contributed by atoms with van der Waals surface area (Å²) in [5, 5.41) is 3.18. The standard InChI is InChI=1S/C23H26N2O2/c1-25-19-11-12-20(25)16-18(15-19)24-23(26)13-10-17-6-5-9-22(14-17)27-21-7-3-2-4-8-21/h2-10,13-14,18-20H,11-12,15-16H2,1H3,(H,24,26). The van der Waals surface area contributed by atoms with Crippen molar-refractivity contribution in [3.63, 3.8) is 0 Å². The van der Waals surface area contributed by atoms with Crippen molar-refractivity contribution in [3.8, 4) is 11.5 Å². The highest BCUT2D eigenvalue weighted by molar-refractivity contribution is 5.92. The summed E-state index contributed by atoms with van der Waals surface area (Å²) in [5.74, 6) is 1.54. The number of benzene rings is 2. The Morgan fingerprint density at radius 3 is 2.48 bits per heavy atom. The number of carbonyl (C=O) groups is 1. The maximum absolute atomic E-state index is 12.3. The molecule has 0 aromatic heterocycles. The van der Waals surface area contributed by atoms with Crippen molar-refractivity contribution < 1.29 is 9.53 Å². The SMILES string of the molecule is CN1C2CCC1CC(NC(=O)C=Cc1cccc(Oc3ccccc3)c1)C2. The Hall–Kier alpha value is -2.59. The average molecular weight is 362 g/mol. The highest BCUT2D eigenvalue weighted by Gasteiger charge is 2.38. The third-order valence-electron chi connectivity index (χ3n) is 5.71. The number of para-hydroxylation sites is 1. The number of nitrogens with one attached hydrogen (secondary N) is 1. The van der Waals surface area contributed by atoms with Crippen LogP contribution in [0.2, 0.25) is 0 Å². The molecule has 1 amide bonds. The zero-order valence-corrected chi connectivity index (χ0v) is 15.7. The highest BCUT2D eigenvalue weighted by Crippen LogP contribution is 2.34. The van der Waals surface area contributed by atoms with E-state index in [0.29, 0.717) is 18.1 Å². The number of rotatable bonds is 5. The minimum Gasteiger partial charge on any atom is -0.457 e. The molecule has 2 aliphatic rings. The van der Waals surface area contributed by atoms with E-state index in [1.165, 1.54) is 12.8 Å². The Labute approximate surface area is 160 Å². The maximum atomic E-state index is 12.3. The second kappa shape index (κ2) is 7.97. The Bertz CT molecular complexity index is 804. The molecule has 4 heteroatoms. The summed E-state index contributed by atoms with van der Waals surface area (Å²) in [5.41, 5.74) is 0.946. The van der Waals surface area contributed by atoms with Crippen molar-refractivity contribution in [3.05, 3.63) is 66.2 Å². The lowest BCUT2D eigenvalue weighted by Crippen LogP contribution is -2.48. The molecule has 2 aromatic carbocycles. The number of ether oxygens (including phenoxy) is 1. The predicted molar refractivity (Wildman–Crippen MR) is 108 cm³/mol. The summed E-state index contributed by atoms with van der Waals surface area (Å²) in [7, 11) is 2.21. The molecular weight excluding hydrogens is 336 g/mol. The smallest absolute Gasteiger partial charge is 0.244 e. The van der Waals surface area contributed by atoms with Gasteiger partial charge in [0, 0.05) is 24.2 Å². The van der Waals surface area contributed by atoms with E-state index in [0.717, 1.165) is 29.9 Å². The summed E-state index contributed by atoms with van der Waals surface area (Å²) in [6.07, 6.45) is 8.12. The van der Waals surface area contributed by atoms with Crippen molar-refractivity contribution in [1.82, 2.24) is 10.2 Å². The summed E-state index contributed by atoms with van der Waals surface area (Å²) in [6, 6.07) is 19.0. The molecule has 2 aliphatic heterocycles. The van der Waals surface area contributed by atoms with Crippen LogP contribution >= 0.6 is 0 Å². The molecule has 2 saturated heterocycles. The minimum atomic E-state index is -0.0154. The van der Waals surface area contributed by atoms with E-state index in [4.69, 9.17) is 4.74 Å². The van der Waals surface area contributed by atoms with Gasteiger partial charge < -0.3 is 15.0 Å². The van der Waals surface area contributed by atoms with Gasteiger partial charge in [-0.3, -0.25) is 4.79 Å². The van der Waals surface area contributed by atoms with Crippen LogP contribution in [0.25, 0.3) is 6.08 Å². The Morgan fingerprint density at radius 2 is 1.74 bits per heavy atom. The van der Waals surface area contributed by atoms with Crippen LogP contribution in [-0.4, -0.2) is 36.0 Å². The molecular formula is C23H26N2O2. The number of fused-ring (bicyclic) bond motifs is 2. The number of hydrogen-bond acceptors (Lipinski definition) is 3. The van der Waals surface area contributed by atoms with Gasteiger partial charge in [0.05, 0.1) is 0 Å². The Morgan fingerprint density at radius 1 is 1.04 bits per heavy atom. The van der Waals surface area contributed by atoms with Gasteiger partial charge in [-0.05, 0) is 68.6 Å². The summed E-state index contributed by atoms with van der Waals surface area (Å²) in [4.78, 5) is 14.8. The fourth-order valence-corrected chi connectivity index (χ4v) is 4.26. The van der Waals surface area contributed by atoms with Gasteiger partial charge in [-0.2, -0.15) is 0 Å². The van der Waals surface area contributed by atoms with Gasteiger partial charge in [0.2, 0.25) is 5.91 Å². The third-order valence-corrected chi connectivity index (χ3v) is 5.71. The molecule has 2 bridgehead atoms. The van der Waals surface area contributed by atoms with Crippen LogP contribution in [0.15, 0.2) is 60.7 Å². The normalized spacial score (nSPS) is 24.9. The van der Waals surface area contributed by atoms with E-state index < -0.39 is 0 Å². The summed E-state index contributed by atoms with van der Waals surface area (Å²) < 4.78 is 5.85. The zero-order valence-electron chi connectivity index (χ0n) is 15.7. The van der Waals surface area contributed by atoms with Crippen molar-refractivity contribution in [2.75, 3.05) is 7.05 Å². The van der Waals surface area contributed by atoms with Crippen molar-refractivity contribution in [2.24, 2.45) is 0 Å². The number of piperidine rings is 1. The van der Waals surface area contributed by atoms with E-state index in [2.05, 4.69) is 17.3 Å². The van der Waals surface area contributed by atoms with Crippen LogP contribution in [0, 0.1) is 0 Å². The predicted octanol–water partition coefficient (Wildman–Crippen LogP) is 4.23. The monoisotopic (exact) mass is 362 g/mol. The van der Waals surface area contributed by atoms with Crippen molar-refractivity contribution >= 4 is 12.0 Å². The fourth-order valence-electron chi connectivity index (χ4n) is 4.26. The van der Waals surface area contributed by atoms with Gasteiger partial charge in [-0.15, -0.1) is 0 Å². The van der Waals surface area contributed by atoms with Gasteiger partial charge in [0.15, 0.2) is 0 Å². The van der Waals surface area contributed by atoms with Crippen LogP contribution in [0.4, 0.5) is 0 Å². The van der Waals surface area contributed by atoms with Crippen molar-refractivity contribution in [2.45, 2.75) is 43.8 Å². The number of carbonyl (C=O) groups excluding carboxylic acids is 1. The third kappa shape index (κ3) is 4.40. The van der Waals surface area contributed by atoms with E-state index in [1.54, 1.807) is 6.08 Å². The molecule has 4 rings (SSSR count). The van der Waals surface area contributed by atoms with Crippen LogP contribution < -0.4 is 10.1 Å². The first-order valence-electron chi connectivity index (χ1n) is 9.71. The Kier molecular flexibility index (Phi) is 5.26. The fraction of sp³-hybridized carbons (Fsp3) is 0.348. The molecule has 0 radical (unpaired) electrons. The molecule has 140 valence electrons. The Balaban J connectivity index is 1.34. The van der Waals surface area contributed by atoms with Gasteiger partial charge in [0.1, 0.15) is 11.5 Å². The lowest BCUT2D eigenvalue weighted by atomic mass is 9.98. The number of amides is 1. The average Bonchev–Trinajstić information content (AvgIpc) is 2.89. The molecule has 0 spiro atoms. The summed E-state index contributed by atoms with van der Waals surface area (Å²) >= 11 is 0. The molecule has 2 heterocycles. The van der Waals surface area contributed by atoms with Crippen LogP contribution in [0.1, 0.15) is 31.2 Å². The minimum absolute atomic E-state index is 0.0154. The van der Waals surface area contributed by atoms with Crippen LogP contribution in [-0.2, 0) is 4.79 Å². The zero-order chi connectivity index (χ0) is 18.6. The largest absolute Gasteiger partial charge is 0.457 e. The van der Waals surface area contributed by atoms with Crippen LogP contribution in [0.5, 0.6) is 11.5 Å². The number of nitrogens with zero attached hydrogens (tertiary/aromatic N) is 1. The van der Waals surface area contributed by atoms with Gasteiger partial charge in [-0.1, -0.05) is 30.3 Å². The van der Waals surface area contributed by atoms with Crippen LogP contribution in [0.3, 0.4) is 0 Å². The first-order valence-corrected chi connectivity index (χ1v) is 9.71. The van der Waals surface area contributed by atoms with Gasteiger partial charge in [-0.25, -0.2) is 0 Å². The topological polar surface area (TPSA) is 41.6 Å². The van der Waals surface area contributed by atoms with Crippen molar-refractivity contribution in [1.29, 1.82) is 0 Å². The molecule has 4 nitrogen and oxygen atoms in total. The first-order chi connectivity index (χ1) is 13.2. The lowest BCUT2D eigenvalue weighted by molar-refractivity contribution is -0.117. The molecule has 2 aromatic rings. The molecule has 2 atom stereocenters. The quantitative estimate of drug-likeness (QED) is 0.809. The number of hydrogen-bond donors (Lipinski definition) is 1. The van der Waals surface area contributed by atoms with E-state index in [-0.39, 0.29) is 5.91 Å². The summed E-state index contributed by atoms with van der Waals surface area (Å²) in [6.45, 7) is 0. The van der Waals surface area contributed by atoms with Gasteiger partial charge >= 0.3 is 0 Å². The lowest BCUT2D eigenvalue weighted by Gasteiger charge is -2.36. The molecule has 0 aliphatic carbocycles. The second-order valence-corrected chi connectivity index (χ2v) is 7.55. The van der Waals surface area contributed by atoms with E-state index >= 15 is 0 Å².